The number of hydrogen-bond acceptors (Lipinski definition) is 9. The Kier molecular flexibility index (Phi) is 5.71. The third kappa shape index (κ3) is 4.57. The first kappa shape index (κ1) is 20.1. The predicted molar refractivity (Wildman–Crippen MR) is 109 cm³/mol. The standard InChI is InChI=1S/C21H21N7O4/c29-21(18-6-5-17(31-18)11-28-14-23-13-24-28)27-8-2-4-16(10-27)30-12-19-25-20(32-26-19)15-3-1-7-22-9-15/h1,3,5-7,9,13-14,16H,2,4,8,10-12H2. The van der Waals surface area contributed by atoms with Gasteiger partial charge in [-0.3, -0.25) is 9.78 Å². The van der Waals surface area contributed by atoms with Gasteiger partial charge in [0.1, 0.15) is 31.6 Å². The van der Waals surface area contributed by atoms with Gasteiger partial charge < -0.3 is 18.6 Å². The van der Waals surface area contributed by atoms with Crippen LogP contribution in [0.15, 0.2) is 58.3 Å². The minimum Gasteiger partial charge on any atom is -0.454 e. The van der Waals surface area contributed by atoms with Crippen molar-refractivity contribution in [2.45, 2.75) is 32.1 Å². The Bertz CT molecular complexity index is 1160. The van der Waals surface area contributed by atoms with Crippen molar-refractivity contribution in [1.82, 2.24) is 34.8 Å². The number of pyridine rings is 1. The average molecular weight is 435 g/mol. The molecule has 0 N–H and O–H groups in total. The molecule has 1 fully saturated rings. The lowest BCUT2D eigenvalue weighted by atomic mass is 10.1. The fourth-order valence-electron chi connectivity index (χ4n) is 3.58. The second-order valence-corrected chi connectivity index (χ2v) is 7.44. The first-order chi connectivity index (χ1) is 15.7. The van der Waals surface area contributed by atoms with Crippen LogP contribution in [0.1, 0.15) is 35.0 Å². The number of carbonyl (C=O) groups excluding carboxylic acids is 1. The Morgan fingerprint density at radius 1 is 1.25 bits per heavy atom. The summed E-state index contributed by atoms with van der Waals surface area (Å²) in [5, 5.41) is 8.01. The minimum atomic E-state index is -0.151. The van der Waals surface area contributed by atoms with E-state index in [4.69, 9.17) is 13.7 Å². The molecular formula is C21H21N7O4. The number of piperidine rings is 1. The van der Waals surface area contributed by atoms with Gasteiger partial charge in [0.2, 0.25) is 0 Å². The van der Waals surface area contributed by atoms with Crippen molar-refractivity contribution in [2.24, 2.45) is 0 Å². The van der Waals surface area contributed by atoms with Crippen LogP contribution in [0.3, 0.4) is 0 Å². The molecule has 1 saturated heterocycles. The number of aromatic nitrogens is 6. The number of hydrogen-bond donors (Lipinski definition) is 0. The van der Waals surface area contributed by atoms with Crippen LogP contribution in [-0.4, -0.2) is 59.9 Å². The Morgan fingerprint density at radius 3 is 3.06 bits per heavy atom. The molecule has 1 aliphatic heterocycles. The van der Waals surface area contributed by atoms with Gasteiger partial charge in [-0.15, -0.1) is 0 Å². The SMILES string of the molecule is O=C(c1ccc(Cn2cncn2)o1)N1CCCC(OCc2noc(-c3cccnc3)n2)C1. The molecule has 11 heteroatoms. The highest BCUT2D eigenvalue weighted by atomic mass is 16.5. The Morgan fingerprint density at radius 2 is 2.22 bits per heavy atom. The van der Waals surface area contributed by atoms with Crippen molar-refractivity contribution in [3.05, 3.63) is 66.7 Å². The van der Waals surface area contributed by atoms with Crippen LogP contribution in [-0.2, 0) is 17.9 Å². The fourth-order valence-corrected chi connectivity index (χ4v) is 3.58. The lowest BCUT2D eigenvalue weighted by Crippen LogP contribution is -2.43. The van der Waals surface area contributed by atoms with E-state index in [0.29, 0.717) is 42.9 Å². The minimum absolute atomic E-state index is 0.113. The Balaban J connectivity index is 1.16. The second-order valence-electron chi connectivity index (χ2n) is 7.44. The highest BCUT2D eigenvalue weighted by Crippen LogP contribution is 2.20. The van der Waals surface area contributed by atoms with E-state index in [0.717, 1.165) is 18.4 Å². The molecule has 1 aliphatic rings. The van der Waals surface area contributed by atoms with Crippen molar-refractivity contribution < 1.29 is 18.5 Å². The van der Waals surface area contributed by atoms with E-state index in [-0.39, 0.29) is 18.6 Å². The van der Waals surface area contributed by atoms with Gasteiger partial charge in [-0.1, -0.05) is 5.16 Å². The molecule has 1 unspecified atom stereocenters. The fraction of sp³-hybridized carbons (Fsp3) is 0.333. The summed E-state index contributed by atoms with van der Waals surface area (Å²) in [5.74, 6) is 1.65. The summed E-state index contributed by atoms with van der Waals surface area (Å²) < 4.78 is 18.6. The van der Waals surface area contributed by atoms with E-state index >= 15 is 0 Å². The molecule has 0 aromatic carbocycles. The van der Waals surface area contributed by atoms with Gasteiger partial charge in [-0.2, -0.15) is 10.1 Å². The van der Waals surface area contributed by atoms with Gasteiger partial charge in [0.05, 0.1) is 11.7 Å². The number of furan rings is 1. The Labute approximate surface area is 183 Å². The van der Waals surface area contributed by atoms with Crippen molar-refractivity contribution in [1.29, 1.82) is 0 Å². The summed E-state index contributed by atoms with van der Waals surface area (Å²) in [6, 6.07) is 7.13. The largest absolute Gasteiger partial charge is 0.454 e. The molecular weight excluding hydrogens is 414 g/mol. The summed E-state index contributed by atoms with van der Waals surface area (Å²) in [5.41, 5.74) is 0.752. The van der Waals surface area contributed by atoms with Gasteiger partial charge in [0.15, 0.2) is 11.6 Å². The summed E-state index contributed by atoms with van der Waals surface area (Å²) in [4.78, 5) is 26.9. The van der Waals surface area contributed by atoms with E-state index in [2.05, 4.69) is 25.2 Å². The summed E-state index contributed by atoms with van der Waals surface area (Å²) in [7, 11) is 0. The summed E-state index contributed by atoms with van der Waals surface area (Å²) >= 11 is 0. The van der Waals surface area contributed by atoms with E-state index in [9.17, 15) is 4.79 Å². The highest BCUT2D eigenvalue weighted by Gasteiger charge is 2.27. The molecule has 4 aromatic heterocycles. The maximum absolute atomic E-state index is 12.9. The second kappa shape index (κ2) is 9.10. The molecule has 0 saturated carbocycles. The third-order valence-electron chi connectivity index (χ3n) is 5.15. The number of ether oxygens (including phenoxy) is 1. The maximum atomic E-state index is 12.9. The van der Waals surface area contributed by atoms with Crippen LogP contribution >= 0.6 is 0 Å². The van der Waals surface area contributed by atoms with E-state index in [1.807, 2.05) is 6.07 Å². The molecule has 5 rings (SSSR count). The molecule has 1 atom stereocenters. The topological polar surface area (TPSA) is 125 Å². The van der Waals surface area contributed by atoms with E-state index in [1.54, 1.807) is 46.5 Å². The number of likely N-dealkylation sites (tertiary alicyclic amines) is 1. The van der Waals surface area contributed by atoms with Crippen molar-refractivity contribution >= 4 is 5.91 Å². The molecule has 164 valence electrons. The molecule has 4 aromatic rings. The molecule has 5 heterocycles. The lowest BCUT2D eigenvalue weighted by Gasteiger charge is -2.31. The number of amides is 1. The zero-order valence-electron chi connectivity index (χ0n) is 17.2. The van der Waals surface area contributed by atoms with Crippen molar-refractivity contribution in [3.63, 3.8) is 0 Å². The number of rotatable bonds is 7. The van der Waals surface area contributed by atoms with Crippen molar-refractivity contribution in [3.8, 4) is 11.5 Å². The summed E-state index contributed by atoms with van der Waals surface area (Å²) in [6.45, 7) is 1.76. The van der Waals surface area contributed by atoms with Crippen molar-refractivity contribution in [2.75, 3.05) is 13.1 Å². The van der Waals surface area contributed by atoms with Crippen LogP contribution in [0.25, 0.3) is 11.5 Å². The first-order valence-electron chi connectivity index (χ1n) is 10.3. The molecule has 0 spiro atoms. The molecule has 32 heavy (non-hydrogen) atoms. The van der Waals surface area contributed by atoms with Crippen LogP contribution in [0.4, 0.5) is 0 Å². The van der Waals surface area contributed by atoms with Crippen LogP contribution < -0.4 is 0 Å². The average Bonchev–Trinajstić information content (AvgIpc) is 3.61. The van der Waals surface area contributed by atoms with Gasteiger partial charge >= 0.3 is 0 Å². The monoisotopic (exact) mass is 435 g/mol. The van der Waals surface area contributed by atoms with Crippen LogP contribution in [0.5, 0.6) is 0 Å². The molecule has 0 aliphatic carbocycles. The molecule has 0 radical (unpaired) electrons. The number of nitrogens with zero attached hydrogens (tertiary/aromatic N) is 7. The van der Waals surface area contributed by atoms with Crippen LogP contribution in [0, 0.1) is 0 Å². The third-order valence-corrected chi connectivity index (χ3v) is 5.15. The van der Waals surface area contributed by atoms with Crippen LogP contribution in [0.2, 0.25) is 0 Å². The van der Waals surface area contributed by atoms with E-state index in [1.165, 1.54) is 6.33 Å². The maximum Gasteiger partial charge on any atom is 0.289 e. The van der Waals surface area contributed by atoms with Gasteiger partial charge in [0, 0.05) is 25.5 Å². The number of carbonyl (C=O) groups is 1. The molecule has 1 amide bonds. The molecule has 0 bridgehead atoms. The zero-order chi connectivity index (χ0) is 21.8. The lowest BCUT2D eigenvalue weighted by molar-refractivity contribution is -0.0104. The Hall–Kier alpha value is -3.86. The quantitative estimate of drug-likeness (QED) is 0.429. The predicted octanol–water partition coefficient (Wildman–Crippen LogP) is 2.19. The highest BCUT2D eigenvalue weighted by molar-refractivity contribution is 5.91. The summed E-state index contributed by atoms with van der Waals surface area (Å²) in [6.07, 6.45) is 7.98. The zero-order valence-corrected chi connectivity index (χ0v) is 17.2. The van der Waals surface area contributed by atoms with E-state index < -0.39 is 0 Å². The smallest absolute Gasteiger partial charge is 0.289 e. The van der Waals surface area contributed by atoms with Gasteiger partial charge in [-0.25, -0.2) is 9.67 Å². The van der Waals surface area contributed by atoms with Gasteiger partial charge in [-0.05, 0) is 37.1 Å². The van der Waals surface area contributed by atoms with Gasteiger partial charge in [0.25, 0.3) is 11.8 Å². The normalized spacial score (nSPS) is 16.4. The first-order valence-corrected chi connectivity index (χ1v) is 10.3. The molecule has 11 nitrogen and oxygen atoms in total.